The van der Waals surface area contributed by atoms with Crippen molar-refractivity contribution in [2.75, 3.05) is 20.6 Å². The summed E-state index contributed by atoms with van der Waals surface area (Å²) in [6.07, 6.45) is 6.48. The van der Waals surface area contributed by atoms with Crippen molar-refractivity contribution in [3.8, 4) is 12.3 Å². The Hall–Kier alpha value is -1.26. The van der Waals surface area contributed by atoms with E-state index >= 15 is 0 Å². The van der Waals surface area contributed by atoms with Crippen LogP contribution in [0.5, 0.6) is 0 Å². The predicted octanol–water partition coefficient (Wildman–Crippen LogP) is 2.64. The van der Waals surface area contributed by atoms with Gasteiger partial charge in [-0.1, -0.05) is 29.8 Å². The third-order valence-corrected chi connectivity index (χ3v) is 3.31. The number of quaternary nitrogens is 1. The zero-order valence-electron chi connectivity index (χ0n) is 10.8. The minimum atomic E-state index is 0.540. The molecule has 0 aliphatic carbocycles. The van der Waals surface area contributed by atoms with Crippen molar-refractivity contribution in [1.82, 2.24) is 0 Å². The van der Waals surface area contributed by atoms with Crippen LogP contribution >= 0.6 is 0 Å². The number of hydrogen-bond donors (Lipinski definition) is 0. The smallest absolute Gasteiger partial charge is 0.140 e. The summed E-state index contributed by atoms with van der Waals surface area (Å²) in [7, 11) is 4.39. The summed E-state index contributed by atoms with van der Waals surface area (Å²) in [4.78, 5) is 0. The van der Waals surface area contributed by atoms with Crippen LogP contribution in [0, 0.1) is 19.3 Å². The molecule has 0 aliphatic rings. The number of hydrogen-bond acceptors (Lipinski definition) is 0. The van der Waals surface area contributed by atoms with Gasteiger partial charge in [0.05, 0.1) is 20.1 Å². The quantitative estimate of drug-likeness (QED) is 0.536. The Morgan fingerprint density at radius 3 is 2.62 bits per heavy atom. The first-order valence-electron chi connectivity index (χ1n) is 5.77. The van der Waals surface area contributed by atoms with E-state index < -0.39 is 0 Å². The third kappa shape index (κ3) is 3.40. The minimum Gasteiger partial charge on any atom is -0.316 e. The first kappa shape index (κ1) is 12.8. The van der Waals surface area contributed by atoms with Gasteiger partial charge in [-0.15, -0.1) is 6.42 Å². The van der Waals surface area contributed by atoms with Crippen LogP contribution in [0.1, 0.15) is 18.1 Å². The maximum absolute atomic E-state index is 5.40. The molecule has 1 atom stereocenters. The zero-order valence-corrected chi connectivity index (χ0v) is 10.8. The minimum absolute atomic E-state index is 0.540. The average Bonchev–Trinajstić information content (AvgIpc) is 2.17. The number of terminal acetylenes is 1. The van der Waals surface area contributed by atoms with Gasteiger partial charge in [-0.05, 0) is 25.3 Å². The van der Waals surface area contributed by atoms with Gasteiger partial charge < -0.3 is 4.48 Å². The van der Waals surface area contributed by atoms with Gasteiger partial charge in [0.2, 0.25) is 0 Å². The first-order valence-corrected chi connectivity index (χ1v) is 5.77. The van der Waals surface area contributed by atoms with Crippen LogP contribution in [0.4, 0.5) is 0 Å². The van der Waals surface area contributed by atoms with Gasteiger partial charge >= 0.3 is 0 Å². The van der Waals surface area contributed by atoms with Crippen LogP contribution in [0.15, 0.2) is 24.3 Å². The fourth-order valence-electron chi connectivity index (χ4n) is 1.82. The molecule has 0 radical (unpaired) electrons. The fraction of sp³-hybridized carbons (Fsp3) is 0.467. The SMILES string of the molecule is C#CC[N+](C)(C)[C@H](C)Cc1cccc(C)c1. The Balaban J connectivity index is 2.71. The molecule has 0 amide bonds. The van der Waals surface area contributed by atoms with Crippen molar-refractivity contribution in [1.29, 1.82) is 0 Å². The molecule has 16 heavy (non-hydrogen) atoms. The fourth-order valence-corrected chi connectivity index (χ4v) is 1.82. The number of aryl methyl sites for hydroxylation is 1. The molecule has 0 aromatic heterocycles. The van der Waals surface area contributed by atoms with Crippen LogP contribution in [0.3, 0.4) is 0 Å². The third-order valence-electron chi connectivity index (χ3n) is 3.31. The number of nitrogens with zero attached hydrogens (tertiary/aromatic N) is 1. The molecule has 1 aromatic carbocycles. The van der Waals surface area contributed by atoms with E-state index in [0.29, 0.717) is 6.04 Å². The Labute approximate surface area is 99.7 Å². The topological polar surface area (TPSA) is 0 Å². The second-order valence-corrected chi connectivity index (χ2v) is 5.18. The molecule has 1 rings (SSSR count). The van der Waals surface area contributed by atoms with E-state index in [1.165, 1.54) is 11.1 Å². The van der Waals surface area contributed by atoms with Crippen LogP contribution in [0.25, 0.3) is 0 Å². The van der Waals surface area contributed by atoms with Crippen molar-refractivity contribution in [3.05, 3.63) is 35.4 Å². The summed E-state index contributed by atoms with van der Waals surface area (Å²) in [5.41, 5.74) is 2.72. The molecule has 1 aromatic rings. The van der Waals surface area contributed by atoms with Gasteiger partial charge in [0.25, 0.3) is 0 Å². The van der Waals surface area contributed by atoms with E-state index in [9.17, 15) is 0 Å². The van der Waals surface area contributed by atoms with E-state index in [0.717, 1.165) is 17.4 Å². The maximum atomic E-state index is 5.40. The highest BCUT2D eigenvalue weighted by Gasteiger charge is 2.22. The molecule has 1 nitrogen and oxygen atoms in total. The summed E-state index contributed by atoms with van der Waals surface area (Å²) in [5.74, 6) is 2.76. The molecule has 0 heterocycles. The molecule has 1 heteroatoms. The predicted molar refractivity (Wildman–Crippen MR) is 70.2 cm³/mol. The largest absolute Gasteiger partial charge is 0.316 e. The molecule has 0 unspecified atom stereocenters. The van der Waals surface area contributed by atoms with Crippen LogP contribution in [-0.2, 0) is 6.42 Å². The second-order valence-electron chi connectivity index (χ2n) is 5.18. The van der Waals surface area contributed by atoms with E-state index in [1.807, 2.05) is 0 Å². The summed E-state index contributed by atoms with van der Waals surface area (Å²) in [6, 6.07) is 9.25. The van der Waals surface area contributed by atoms with E-state index in [-0.39, 0.29) is 0 Å². The molecule has 86 valence electrons. The van der Waals surface area contributed by atoms with E-state index in [4.69, 9.17) is 6.42 Å². The van der Waals surface area contributed by atoms with Crippen molar-refractivity contribution < 1.29 is 4.48 Å². The van der Waals surface area contributed by atoms with Gasteiger partial charge in [-0.3, -0.25) is 0 Å². The van der Waals surface area contributed by atoms with Gasteiger partial charge in [-0.25, -0.2) is 0 Å². The molecule has 0 saturated carbocycles. The van der Waals surface area contributed by atoms with Gasteiger partial charge in [0.1, 0.15) is 6.54 Å². The van der Waals surface area contributed by atoms with E-state index in [1.54, 1.807) is 0 Å². The standard InChI is InChI=1S/C15H22N/c1-6-10-16(4,5)14(3)12-15-9-7-8-13(2)11-15/h1,7-9,11,14H,10,12H2,2-5H3/q+1/t14-/m1/s1. The molecule has 0 spiro atoms. The van der Waals surface area contributed by atoms with Gasteiger partial charge in [0.15, 0.2) is 0 Å². The summed E-state index contributed by atoms with van der Waals surface area (Å²) in [6.45, 7) is 5.18. The van der Waals surface area contributed by atoms with Crippen molar-refractivity contribution in [2.24, 2.45) is 0 Å². The number of benzene rings is 1. The highest BCUT2D eigenvalue weighted by molar-refractivity contribution is 5.22. The molecule has 0 aliphatic heterocycles. The number of likely N-dealkylation sites (N-methyl/N-ethyl adjacent to an activating group) is 1. The highest BCUT2D eigenvalue weighted by atomic mass is 15.3. The lowest BCUT2D eigenvalue weighted by molar-refractivity contribution is -0.906. The molecular formula is C15H22N+. The van der Waals surface area contributed by atoms with Crippen LogP contribution < -0.4 is 0 Å². The van der Waals surface area contributed by atoms with Gasteiger partial charge in [-0.2, -0.15) is 0 Å². The Bertz CT molecular complexity index is 385. The molecule has 0 N–H and O–H groups in total. The lowest BCUT2D eigenvalue weighted by Crippen LogP contribution is -2.48. The molecule has 0 bridgehead atoms. The lowest BCUT2D eigenvalue weighted by atomic mass is 10.0. The summed E-state index contributed by atoms with van der Waals surface area (Å²) >= 11 is 0. The lowest BCUT2D eigenvalue weighted by Gasteiger charge is -2.34. The summed E-state index contributed by atoms with van der Waals surface area (Å²) in [5, 5.41) is 0. The van der Waals surface area contributed by atoms with Crippen LogP contribution in [0.2, 0.25) is 0 Å². The molecule has 0 saturated heterocycles. The number of rotatable bonds is 4. The second kappa shape index (κ2) is 5.18. The van der Waals surface area contributed by atoms with Crippen molar-refractivity contribution >= 4 is 0 Å². The van der Waals surface area contributed by atoms with Crippen molar-refractivity contribution in [2.45, 2.75) is 26.3 Å². The Kier molecular flexibility index (Phi) is 4.15. The van der Waals surface area contributed by atoms with Crippen molar-refractivity contribution in [3.63, 3.8) is 0 Å². The summed E-state index contributed by atoms with van der Waals surface area (Å²) < 4.78 is 0.879. The normalized spacial score (nSPS) is 13.2. The Morgan fingerprint density at radius 2 is 2.06 bits per heavy atom. The average molecular weight is 216 g/mol. The molecular weight excluding hydrogens is 194 g/mol. The zero-order chi connectivity index (χ0) is 12.2. The first-order chi connectivity index (χ1) is 7.45. The molecule has 0 fully saturated rings. The monoisotopic (exact) mass is 216 g/mol. The Morgan fingerprint density at radius 1 is 1.38 bits per heavy atom. The maximum Gasteiger partial charge on any atom is 0.140 e. The highest BCUT2D eigenvalue weighted by Crippen LogP contribution is 2.13. The van der Waals surface area contributed by atoms with E-state index in [2.05, 4.69) is 58.1 Å². The van der Waals surface area contributed by atoms with Gasteiger partial charge in [0, 0.05) is 6.42 Å². The van der Waals surface area contributed by atoms with Crippen LogP contribution in [-0.4, -0.2) is 31.2 Å².